The second-order valence-electron chi connectivity index (χ2n) is 9.34. The Morgan fingerprint density at radius 1 is 0.605 bits per heavy atom. The van der Waals surface area contributed by atoms with Gasteiger partial charge in [0, 0.05) is 0 Å². The molecule has 0 aliphatic carbocycles. The second kappa shape index (κ2) is 13.2. The predicted octanol–water partition coefficient (Wildman–Crippen LogP) is -1.00. The minimum absolute atomic E-state index is 0.0491. The molecular weight excluding hydrogens is 500 g/mol. The molecule has 2 aliphatic heterocycles. The number of benzene rings is 2. The highest BCUT2D eigenvalue weighted by molar-refractivity contribution is 5.69. The Morgan fingerprint density at radius 2 is 1.13 bits per heavy atom. The smallest absolute Gasteiger partial charge is 0.187 e. The molecule has 0 aromatic heterocycles. The fraction of sp³-hybridized carbons (Fsp3) is 0.481. The Balaban J connectivity index is 1.31. The Kier molecular flexibility index (Phi) is 9.98. The summed E-state index contributed by atoms with van der Waals surface area (Å²) in [7, 11) is 0. The fourth-order valence-corrected chi connectivity index (χ4v) is 4.25. The Labute approximate surface area is 219 Å². The molecule has 2 heterocycles. The molecule has 2 aromatic rings. The largest absolute Gasteiger partial charge is 0.394 e. The lowest BCUT2D eigenvalue weighted by atomic mass is 9.98. The molecule has 4 rings (SSSR count). The van der Waals surface area contributed by atoms with Gasteiger partial charge in [-0.05, 0) is 16.7 Å². The predicted molar refractivity (Wildman–Crippen MR) is 133 cm³/mol. The molecule has 2 aromatic carbocycles. The fourth-order valence-electron chi connectivity index (χ4n) is 4.25. The molecule has 38 heavy (non-hydrogen) atoms. The van der Waals surface area contributed by atoms with E-state index in [1.165, 1.54) is 0 Å². The van der Waals surface area contributed by atoms with Crippen LogP contribution in [0.5, 0.6) is 0 Å². The van der Waals surface area contributed by atoms with Gasteiger partial charge in [-0.3, -0.25) is 0 Å². The zero-order valence-electron chi connectivity index (χ0n) is 20.5. The van der Waals surface area contributed by atoms with E-state index in [0.29, 0.717) is 0 Å². The second-order valence-corrected chi connectivity index (χ2v) is 9.34. The molecule has 11 nitrogen and oxygen atoms in total. The summed E-state index contributed by atoms with van der Waals surface area (Å²) >= 11 is 0. The number of ether oxygens (including phenoxy) is 4. The maximum absolute atomic E-state index is 10.4. The highest BCUT2D eigenvalue weighted by atomic mass is 16.7. The van der Waals surface area contributed by atoms with Crippen LogP contribution in [0.2, 0.25) is 0 Å². The summed E-state index contributed by atoms with van der Waals surface area (Å²) in [6.07, 6.45) is -10.6. The molecule has 208 valence electrons. The van der Waals surface area contributed by atoms with Gasteiger partial charge in [0.2, 0.25) is 0 Å². The average Bonchev–Trinajstić information content (AvgIpc) is 2.94. The van der Waals surface area contributed by atoms with Crippen molar-refractivity contribution in [1.82, 2.24) is 0 Å². The van der Waals surface area contributed by atoms with Crippen molar-refractivity contribution in [1.29, 1.82) is 0 Å². The molecular formula is C27H34O11. The van der Waals surface area contributed by atoms with Gasteiger partial charge in [-0.2, -0.15) is 0 Å². The molecule has 0 saturated carbocycles. The zero-order chi connectivity index (χ0) is 27.2. The number of rotatable bonds is 9. The van der Waals surface area contributed by atoms with E-state index in [9.17, 15) is 35.7 Å². The first-order valence-corrected chi connectivity index (χ1v) is 12.3. The van der Waals surface area contributed by atoms with Gasteiger partial charge in [0.1, 0.15) is 48.8 Å². The summed E-state index contributed by atoms with van der Waals surface area (Å²) in [5, 5.41) is 70.2. The molecule has 0 spiro atoms. The summed E-state index contributed by atoms with van der Waals surface area (Å²) < 4.78 is 22.0. The van der Waals surface area contributed by atoms with Crippen LogP contribution in [0.3, 0.4) is 0 Å². The number of aliphatic hydroxyl groups is 7. The van der Waals surface area contributed by atoms with Crippen LogP contribution >= 0.6 is 0 Å². The van der Waals surface area contributed by atoms with Crippen molar-refractivity contribution in [2.45, 2.75) is 68.0 Å². The minimum Gasteiger partial charge on any atom is -0.394 e. The molecule has 0 radical (unpaired) electrons. The summed E-state index contributed by atoms with van der Waals surface area (Å²) in [5.74, 6) is 0. The lowest BCUT2D eigenvalue weighted by Crippen LogP contribution is -2.61. The van der Waals surface area contributed by atoms with Gasteiger partial charge < -0.3 is 54.7 Å². The van der Waals surface area contributed by atoms with Crippen LogP contribution in [0.15, 0.2) is 54.6 Å². The topological polar surface area (TPSA) is 179 Å². The van der Waals surface area contributed by atoms with Gasteiger partial charge in [-0.1, -0.05) is 66.7 Å². The van der Waals surface area contributed by atoms with Gasteiger partial charge in [0.25, 0.3) is 0 Å². The summed E-state index contributed by atoms with van der Waals surface area (Å²) in [4.78, 5) is 0. The molecule has 0 amide bonds. The van der Waals surface area contributed by atoms with Crippen molar-refractivity contribution in [3.63, 3.8) is 0 Å². The molecule has 2 aliphatic rings. The van der Waals surface area contributed by atoms with E-state index in [-0.39, 0.29) is 6.61 Å². The Hall–Kier alpha value is -2.26. The average molecular weight is 535 g/mol. The summed E-state index contributed by atoms with van der Waals surface area (Å²) in [5.41, 5.74) is 2.84. The number of hydrogen-bond donors (Lipinski definition) is 7. The highest BCUT2D eigenvalue weighted by Gasteiger charge is 2.47. The van der Waals surface area contributed by atoms with Crippen LogP contribution in [0.4, 0.5) is 0 Å². The van der Waals surface area contributed by atoms with E-state index in [0.717, 1.165) is 16.7 Å². The van der Waals surface area contributed by atoms with Gasteiger partial charge in [0.15, 0.2) is 12.6 Å². The first kappa shape index (κ1) is 28.7. The van der Waals surface area contributed by atoms with Crippen LogP contribution in [0.1, 0.15) is 16.7 Å². The van der Waals surface area contributed by atoms with E-state index in [2.05, 4.69) is 0 Å². The van der Waals surface area contributed by atoms with Crippen molar-refractivity contribution in [3.8, 4) is 0 Å². The molecule has 2 fully saturated rings. The van der Waals surface area contributed by atoms with Crippen LogP contribution in [-0.2, 0) is 25.6 Å². The summed E-state index contributed by atoms with van der Waals surface area (Å²) in [6, 6.07) is 17.4. The third-order valence-corrected chi connectivity index (χ3v) is 6.60. The highest BCUT2D eigenvalue weighted by Crippen LogP contribution is 2.26. The van der Waals surface area contributed by atoms with E-state index >= 15 is 0 Å². The summed E-state index contributed by atoms with van der Waals surface area (Å²) in [6.45, 7) is -0.998. The van der Waals surface area contributed by atoms with Crippen molar-refractivity contribution >= 4 is 12.2 Å². The monoisotopic (exact) mass is 534 g/mol. The lowest BCUT2D eigenvalue weighted by Gasteiger charge is -2.42. The van der Waals surface area contributed by atoms with Crippen molar-refractivity contribution in [2.24, 2.45) is 0 Å². The van der Waals surface area contributed by atoms with Crippen LogP contribution in [-0.4, -0.2) is 110 Å². The lowest BCUT2D eigenvalue weighted by molar-refractivity contribution is -0.332. The quantitative estimate of drug-likeness (QED) is 0.196. The number of hydrogen-bond acceptors (Lipinski definition) is 11. The molecule has 0 unspecified atom stereocenters. The third-order valence-electron chi connectivity index (χ3n) is 6.60. The van der Waals surface area contributed by atoms with E-state index < -0.39 is 74.6 Å². The van der Waals surface area contributed by atoms with Crippen LogP contribution in [0, 0.1) is 0 Å². The molecule has 2 saturated heterocycles. The zero-order valence-corrected chi connectivity index (χ0v) is 20.5. The van der Waals surface area contributed by atoms with Crippen molar-refractivity contribution < 1.29 is 54.7 Å². The van der Waals surface area contributed by atoms with Gasteiger partial charge in [-0.25, -0.2) is 0 Å². The standard InChI is InChI=1S/C27H34O11/c28-12-18-20(29)22(31)24(33)27(37-18)36-14-19-21(30)23(32)25(34)26(38-19)35-13-17-10-8-16(9-11-17)7-6-15-4-2-1-3-5-15/h1-11,18-34H,12-14H2/b7-6-/t18-,19-,20-,21-,22+,23+,24-,25-,26+,27-/m1/s1. The molecule has 7 N–H and O–H groups in total. The maximum atomic E-state index is 10.4. The Bertz CT molecular complexity index is 1020. The van der Waals surface area contributed by atoms with E-state index in [1.54, 1.807) is 0 Å². The van der Waals surface area contributed by atoms with Gasteiger partial charge >= 0.3 is 0 Å². The van der Waals surface area contributed by atoms with Crippen LogP contribution in [0.25, 0.3) is 12.2 Å². The Morgan fingerprint density at radius 3 is 1.74 bits per heavy atom. The maximum Gasteiger partial charge on any atom is 0.187 e. The van der Waals surface area contributed by atoms with Gasteiger partial charge in [0.05, 0.1) is 19.8 Å². The SMILES string of the molecule is OC[C@H]1O[C@@H](OC[C@H]2O[C@H](OCc3ccc(/C=C\c4ccccc4)cc3)[C@H](O)[C@@H](O)[C@@H]2O)[C@H](O)[C@@H](O)[C@@H]1O. The van der Waals surface area contributed by atoms with E-state index in [1.807, 2.05) is 66.7 Å². The molecule has 10 atom stereocenters. The minimum atomic E-state index is -1.64. The van der Waals surface area contributed by atoms with E-state index in [4.69, 9.17) is 18.9 Å². The molecule has 0 bridgehead atoms. The first-order chi connectivity index (χ1) is 18.3. The third kappa shape index (κ3) is 6.84. The van der Waals surface area contributed by atoms with Crippen molar-refractivity contribution in [2.75, 3.05) is 13.2 Å². The van der Waals surface area contributed by atoms with Crippen molar-refractivity contribution in [3.05, 3.63) is 71.3 Å². The number of aliphatic hydroxyl groups excluding tert-OH is 7. The van der Waals surface area contributed by atoms with Gasteiger partial charge in [-0.15, -0.1) is 0 Å². The normalized spacial score (nSPS) is 36.0. The first-order valence-electron chi connectivity index (χ1n) is 12.3. The van der Waals surface area contributed by atoms with Crippen LogP contribution < -0.4 is 0 Å². The molecule has 11 heteroatoms.